The maximum absolute atomic E-state index is 3.84. The van der Waals surface area contributed by atoms with Gasteiger partial charge in [0.05, 0.1) is 0 Å². The van der Waals surface area contributed by atoms with E-state index in [1.807, 2.05) is 6.07 Å². The van der Waals surface area contributed by atoms with Crippen LogP contribution in [0.15, 0.2) is 30.3 Å². The highest BCUT2D eigenvalue weighted by molar-refractivity contribution is 5.44. The van der Waals surface area contributed by atoms with Crippen molar-refractivity contribution in [3.8, 4) is 0 Å². The Morgan fingerprint density at radius 2 is 1.85 bits per heavy atom. The molecule has 0 aliphatic carbocycles. The Balaban J connectivity index is 2.35. The lowest BCUT2D eigenvalue weighted by Crippen LogP contribution is -2.17. The zero-order valence-electron chi connectivity index (χ0n) is 8.37. The zero-order valence-corrected chi connectivity index (χ0v) is 8.37. The highest BCUT2D eigenvalue weighted by Crippen LogP contribution is 2.11. The summed E-state index contributed by atoms with van der Waals surface area (Å²) in [4.78, 5) is 2.29. The fourth-order valence-corrected chi connectivity index (χ4v) is 1.34. The molecule has 0 aliphatic rings. The summed E-state index contributed by atoms with van der Waals surface area (Å²) in [5.41, 5.74) is 1.30. The van der Waals surface area contributed by atoms with E-state index in [0.717, 1.165) is 13.0 Å². The maximum Gasteiger partial charge on any atom is 0.0363 e. The maximum atomic E-state index is 3.84. The first-order valence-corrected chi connectivity index (χ1v) is 4.90. The molecule has 0 unspecified atom stereocenters. The number of rotatable bonds is 5. The van der Waals surface area contributed by atoms with Crippen LogP contribution in [0, 0.1) is 6.92 Å². The molecule has 1 radical (unpaired) electrons. The van der Waals surface area contributed by atoms with Crippen molar-refractivity contribution in [1.29, 1.82) is 0 Å². The lowest BCUT2D eigenvalue weighted by molar-refractivity contribution is 0.729. The summed E-state index contributed by atoms with van der Waals surface area (Å²) < 4.78 is 0. The molecule has 0 aliphatic heterocycles. The predicted octanol–water partition coefficient (Wildman–Crippen LogP) is 3.13. The molecule has 1 aromatic rings. The molecule has 71 valence electrons. The summed E-state index contributed by atoms with van der Waals surface area (Å²) in [6.45, 7) is 4.96. The van der Waals surface area contributed by atoms with Gasteiger partial charge in [0.1, 0.15) is 0 Å². The van der Waals surface area contributed by atoms with Gasteiger partial charge in [0.2, 0.25) is 0 Å². The van der Waals surface area contributed by atoms with E-state index in [1.54, 1.807) is 0 Å². The first-order valence-electron chi connectivity index (χ1n) is 4.90. The van der Waals surface area contributed by atoms with Gasteiger partial charge in [0.25, 0.3) is 0 Å². The topological polar surface area (TPSA) is 3.24 Å². The van der Waals surface area contributed by atoms with Crippen LogP contribution in [-0.2, 0) is 0 Å². The average molecular weight is 176 g/mol. The van der Waals surface area contributed by atoms with Crippen LogP contribution in [0.25, 0.3) is 0 Å². The molecule has 0 bridgehead atoms. The minimum absolute atomic E-state index is 1.04. The van der Waals surface area contributed by atoms with Crippen LogP contribution in [-0.4, -0.2) is 13.6 Å². The molecule has 0 heterocycles. The fourth-order valence-electron chi connectivity index (χ4n) is 1.34. The normalized spacial score (nSPS) is 10.0. The van der Waals surface area contributed by atoms with Crippen molar-refractivity contribution < 1.29 is 0 Å². The zero-order chi connectivity index (χ0) is 9.52. The van der Waals surface area contributed by atoms with Crippen LogP contribution < -0.4 is 4.90 Å². The van der Waals surface area contributed by atoms with E-state index in [-0.39, 0.29) is 0 Å². The summed E-state index contributed by atoms with van der Waals surface area (Å²) in [7, 11) is 2.14. The molecule has 1 nitrogen and oxygen atoms in total. The Bertz CT molecular complexity index is 218. The van der Waals surface area contributed by atoms with Crippen LogP contribution in [0.5, 0.6) is 0 Å². The molecule has 1 aromatic carbocycles. The Morgan fingerprint density at radius 3 is 2.46 bits per heavy atom. The monoisotopic (exact) mass is 176 g/mol. The SMILES string of the molecule is [CH2]CCCCN(C)c1ccccc1. The number of nitrogens with zero attached hydrogens (tertiary/aromatic N) is 1. The number of benzene rings is 1. The molecule has 0 atom stereocenters. The smallest absolute Gasteiger partial charge is 0.0363 e. The van der Waals surface area contributed by atoms with Crippen molar-refractivity contribution in [3.63, 3.8) is 0 Å². The van der Waals surface area contributed by atoms with Gasteiger partial charge in [-0.1, -0.05) is 38.0 Å². The Morgan fingerprint density at radius 1 is 1.15 bits per heavy atom. The minimum atomic E-state index is 1.04. The van der Waals surface area contributed by atoms with E-state index < -0.39 is 0 Å². The van der Waals surface area contributed by atoms with Crippen molar-refractivity contribution in [2.75, 3.05) is 18.5 Å². The van der Waals surface area contributed by atoms with E-state index in [0.29, 0.717) is 0 Å². The number of hydrogen-bond donors (Lipinski definition) is 0. The van der Waals surface area contributed by atoms with E-state index in [9.17, 15) is 0 Å². The second-order valence-corrected chi connectivity index (χ2v) is 3.32. The van der Waals surface area contributed by atoms with Crippen LogP contribution in [0.2, 0.25) is 0 Å². The van der Waals surface area contributed by atoms with Crippen LogP contribution >= 0.6 is 0 Å². The van der Waals surface area contributed by atoms with E-state index >= 15 is 0 Å². The van der Waals surface area contributed by atoms with Gasteiger partial charge in [-0.3, -0.25) is 0 Å². The number of hydrogen-bond acceptors (Lipinski definition) is 1. The van der Waals surface area contributed by atoms with Gasteiger partial charge in [0.15, 0.2) is 0 Å². The lowest BCUT2D eigenvalue weighted by Gasteiger charge is -2.18. The summed E-state index contributed by atoms with van der Waals surface area (Å²) in [5.74, 6) is 0. The summed E-state index contributed by atoms with van der Waals surface area (Å²) in [6.07, 6.45) is 3.49. The van der Waals surface area contributed by atoms with E-state index in [4.69, 9.17) is 0 Å². The van der Waals surface area contributed by atoms with Gasteiger partial charge < -0.3 is 4.90 Å². The molecule has 1 heteroatoms. The third-order valence-electron chi connectivity index (χ3n) is 2.19. The lowest BCUT2D eigenvalue weighted by atomic mass is 10.2. The molecule has 0 saturated heterocycles. The van der Waals surface area contributed by atoms with Crippen molar-refractivity contribution in [1.82, 2.24) is 0 Å². The molecule has 0 N–H and O–H groups in total. The molecule has 0 fully saturated rings. The molecule has 0 amide bonds. The molecule has 1 rings (SSSR count). The van der Waals surface area contributed by atoms with Crippen molar-refractivity contribution >= 4 is 5.69 Å². The molecule has 13 heavy (non-hydrogen) atoms. The Hall–Kier alpha value is -0.980. The van der Waals surface area contributed by atoms with Gasteiger partial charge in [-0.25, -0.2) is 0 Å². The molecule has 0 saturated carbocycles. The number of anilines is 1. The fraction of sp³-hybridized carbons (Fsp3) is 0.417. The quantitative estimate of drug-likeness (QED) is 0.623. The second-order valence-electron chi connectivity index (χ2n) is 3.32. The standard InChI is InChI=1S/C12H18N/c1-3-4-8-11-13(2)12-9-6-5-7-10-12/h5-7,9-10H,1,3-4,8,11H2,2H3. The highest BCUT2D eigenvalue weighted by atomic mass is 15.1. The van der Waals surface area contributed by atoms with Gasteiger partial charge in [-0.05, 0) is 18.6 Å². The van der Waals surface area contributed by atoms with Gasteiger partial charge in [0, 0.05) is 19.3 Å². The molecular formula is C12H18N. The molecule has 0 aromatic heterocycles. The minimum Gasteiger partial charge on any atom is -0.375 e. The van der Waals surface area contributed by atoms with Gasteiger partial charge in [-0.15, -0.1) is 0 Å². The summed E-state index contributed by atoms with van der Waals surface area (Å²) >= 11 is 0. The van der Waals surface area contributed by atoms with Crippen LogP contribution in [0.1, 0.15) is 19.3 Å². The number of unbranched alkanes of at least 4 members (excludes halogenated alkanes) is 2. The van der Waals surface area contributed by atoms with Crippen LogP contribution in [0.4, 0.5) is 5.69 Å². The Labute approximate surface area is 81.4 Å². The van der Waals surface area contributed by atoms with Crippen molar-refractivity contribution in [3.05, 3.63) is 37.3 Å². The van der Waals surface area contributed by atoms with Crippen molar-refractivity contribution in [2.45, 2.75) is 19.3 Å². The van der Waals surface area contributed by atoms with Crippen molar-refractivity contribution in [2.24, 2.45) is 0 Å². The Kier molecular flexibility index (Phi) is 4.37. The van der Waals surface area contributed by atoms with Gasteiger partial charge >= 0.3 is 0 Å². The third-order valence-corrected chi connectivity index (χ3v) is 2.19. The summed E-state index contributed by atoms with van der Waals surface area (Å²) in [5, 5.41) is 0. The second kappa shape index (κ2) is 5.63. The molecular weight excluding hydrogens is 158 g/mol. The third kappa shape index (κ3) is 3.49. The van der Waals surface area contributed by atoms with E-state index in [2.05, 4.69) is 43.1 Å². The molecule has 0 spiro atoms. The first-order chi connectivity index (χ1) is 6.34. The van der Waals surface area contributed by atoms with E-state index in [1.165, 1.54) is 18.5 Å². The average Bonchev–Trinajstić information content (AvgIpc) is 2.19. The van der Waals surface area contributed by atoms with Crippen LogP contribution in [0.3, 0.4) is 0 Å². The largest absolute Gasteiger partial charge is 0.375 e. The highest BCUT2D eigenvalue weighted by Gasteiger charge is 1.97. The first kappa shape index (κ1) is 10.1. The number of para-hydroxylation sites is 1. The predicted molar refractivity (Wildman–Crippen MR) is 58.9 cm³/mol. The van der Waals surface area contributed by atoms with Gasteiger partial charge in [-0.2, -0.15) is 0 Å². The summed E-state index contributed by atoms with van der Waals surface area (Å²) in [6, 6.07) is 10.5.